The molecule has 1 aromatic rings. The molecule has 1 fully saturated rings. The number of aryl methyl sites for hydroxylation is 2. The second-order valence-corrected chi connectivity index (χ2v) is 4.69. The van der Waals surface area contributed by atoms with Crippen LogP contribution in [0.25, 0.3) is 0 Å². The molecule has 0 aromatic heterocycles. The molecule has 3 rings (SSSR count). The zero-order valence-corrected chi connectivity index (χ0v) is 8.39. The zero-order chi connectivity index (χ0) is 10.7. The van der Waals surface area contributed by atoms with Crippen LogP contribution in [0.15, 0.2) is 18.2 Å². The van der Waals surface area contributed by atoms with Crippen LogP contribution in [0.4, 0.5) is 8.78 Å². The lowest BCUT2D eigenvalue weighted by Crippen LogP contribution is -2.27. The maximum absolute atomic E-state index is 13.1. The van der Waals surface area contributed by atoms with E-state index in [1.165, 1.54) is 11.1 Å². The van der Waals surface area contributed by atoms with Gasteiger partial charge in [-0.1, -0.05) is 18.2 Å². The molecule has 2 aliphatic rings. The molecule has 0 amide bonds. The van der Waals surface area contributed by atoms with Crippen LogP contribution in [0.2, 0.25) is 0 Å². The summed E-state index contributed by atoms with van der Waals surface area (Å²) < 4.78 is 26.2. The molecule has 1 saturated carbocycles. The van der Waals surface area contributed by atoms with Crippen molar-refractivity contribution in [1.29, 1.82) is 0 Å². The first-order valence-corrected chi connectivity index (χ1v) is 5.32. The third-order valence-electron chi connectivity index (χ3n) is 3.64. The smallest absolute Gasteiger partial charge is 0.272 e. The SMILES string of the molecule is NC1(c2ccc3c(c2)CCC3)CC1(F)F. The van der Waals surface area contributed by atoms with Crippen LogP contribution >= 0.6 is 0 Å². The summed E-state index contributed by atoms with van der Waals surface area (Å²) in [6.07, 6.45) is 3.00. The molecule has 0 heterocycles. The van der Waals surface area contributed by atoms with Crippen molar-refractivity contribution in [3.8, 4) is 0 Å². The Labute approximate surface area is 87.3 Å². The average Bonchev–Trinajstić information content (AvgIpc) is 2.61. The van der Waals surface area contributed by atoms with Crippen molar-refractivity contribution in [1.82, 2.24) is 0 Å². The summed E-state index contributed by atoms with van der Waals surface area (Å²) in [6.45, 7) is 0. The lowest BCUT2D eigenvalue weighted by Gasteiger charge is -2.12. The van der Waals surface area contributed by atoms with Gasteiger partial charge in [0.25, 0.3) is 5.92 Å². The molecule has 0 spiro atoms. The highest BCUT2D eigenvalue weighted by Gasteiger charge is 2.69. The largest absolute Gasteiger partial charge is 0.316 e. The third-order valence-corrected chi connectivity index (χ3v) is 3.64. The molecule has 80 valence electrons. The van der Waals surface area contributed by atoms with Crippen molar-refractivity contribution in [2.75, 3.05) is 0 Å². The molecular formula is C12H13F2N. The van der Waals surface area contributed by atoms with Gasteiger partial charge in [0.2, 0.25) is 0 Å². The number of hydrogen-bond acceptors (Lipinski definition) is 1. The average molecular weight is 209 g/mol. The molecule has 3 heteroatoms. The van der Waals surface area contributed by atoms with Crippen LogP contribution in [-0.4, -0.2) is 5.92 Å². The van der Waals surface area contributed by atoms with Crippen molar-refractivity contribution in [2.45, 2.75) is 37.1 Å². The maximum atomic E-state index is 13.1. The summed E-state index contributed by atoms with van der Waals surface area (Å²) in [5, 5.41) is 0. The van der Waals surface area contributed by atoms with Crippen molar-refractivity contribution >= 4 is 0 Å². The van der Waals surface area contributed by atoms with Gasteiger partial charge in [-0.05, 0) is 36.0 Å². The van der Waals surface area contributed by atoms with Crippen molar-refractivity contribution < 1.29 is 8.78 Å². The van der Waals surface area contributed by atoms with E-state index in [1.54, 1.807) is 6.07 Å². The van der Waals surface area contributed by atoms with E-state index in [-0.39, 0.29) is 6.42 Å². The van der Waals surface area contributed by atoms with Crippen molar-refractivity contribution in [2.24, 2.45) is 5.73 Å². The van der Waals surface area contributed by atoms with Gasteiger partial charge in [0.05, 0.1) is 0 Å². The Bertz CT molecular complexity index is 428. The van der Waals surface area contributed by atoms with Gasteiger partial charge in [0.1, 0.15) is 5.54 Å². The van der Waals surface area contributed by atoms with Gasteiger partial charge in [-0.3, -0.25) is 0 Å². The molecule has 0 radical (unpaired) electrons. The number of nitrogens with two attached hydrogens (primary N) is 1. The fourth-order valence-corrected chi connectivity index (χ4v) is 2.47. The minimum atomic E-state index is -2.71. The van der Waals surface area contributed by atoms with Crippen LogP contribution in [0.3, 0.4) is 0 Å². The summed E-state index contributed by atoms with van der Waals surface area (Å²) >= 11 is 0. The molecular weight excluding hydrogens is 196 g/mol. The van der Waals surface area contributed by atoms with Gasteiger partial charge >= 0.3 is 0 Å². The summed E-state index contributed by atoms with van der Waals surface area (Å²) in [7, 11) is 0. The van der Waals surface area contributed by atoms with Crippen molar-refractivity contribution in [3.05, 3.63) is 34.9 Å². The lowest BCUT2D eigenvalue weighted by atomic mass is 10.00. The number of benzene rings is 1. The molecule has 0 saturated heterocycles. The number of alkyl halides is 2. The van der Waals surface area contributed by atoms with Crippen LogP contribution in [0.5, 0.6) is 0 Å². The molecule has 2 N–H and O–H groups in total. The fraction of sp³-hybridized carbons (Fsp3) is 0.500. The van der Waals surface area contributed by atoms with Gasteiger partial charge in [-0.15, -0.1) is 0 Å². The topological polar surface area (TPSA) is 26.0 Å². The molecule has 1 aromatic carbocycles. The van der Waals surface area contributed by atoms with E-state index in [0.29, 0.717) is 5.56 Å². The Morgan fingerprint density at radius 3 is 2.47 bits per heavy atom. The Hall–Kier alpha value is -0.960. The van der Waals surface area contributed by atoms with Crippen LogP contribution in [-0.2, 0) is 18.4 Å². The quantitative estimate of drug-likeness (QED) is 0.755. The fourth-order valence-electron chi connectivity index (χ4n) is 2.47. The first kappa shape index (κ1) is 9.28. The van der Waals surface area contributed by atoms with E-state index >= 15 is 0 Å². The number of hydrogen-bond donors (Lipinski definition) is 1. The molecule has 1 atom stereocenters. The Kier molecular flexibility index (Phi) is 1.60. The van der Waals surface area contributed by atoms with Crippen LogP contribution in [0.1, 0.15) is 29.5 Å². The number of halogens is 2. The minimum absolute atomic E-state index is 0.210. The maximum Gasteiger partial charge on any atom is 0.272 e. The Morgan fingerprint density at radius 1 is 1.13 bits per heavy atom. The molecule has 0 aliphatic heterocycles. The number of rotatable bonds is 1. The molecule has 1 unspecified atom stereocenters. The monoisotopic (exact) mass is 209 g/mol. The van der Waals surface area contributed by atoms with Gasteiger partial charge in [-0.25, -0.2) is 8.78 Å². The Morgan fingerprint density at radius 2 is 1.80 bits per heavy atom. The Balaban J connectivity index is 2.01. The summed E-state index contributed by atoms with van der Waals surface area (Å²) in [5.74, 6) is -2.71. The predicted molar refractivity (Wildman–Crippen MR) is 53.9 cm³/mol. The normalized spacial score (nSPS) is 31.4. The number of fused-ring (bicyclic) bond motifs is 1. The third kappa shape index (κ3) is 1.16. The predicted octanol–water partition coefficient (Wildman–Crippen LogP) is 2.37. The lowest BCUT2D eigenvalue weighted by molar-refractivity contribution is 0.0891. The van der Waals surface area contributed by atoms with Gasteiger partial charge in [0, 0.05) is 6.42 Å². The summed E-state index contributed by atoms with van der Waals surface area (Å²) in [5.41, 5.74) is 7.42. The minimum Gasteiger partial charge on any atom is -0.316 e. The molecule has 2 aliphatic carbocycles. The standard InChI is InChI=1S/C12H13F2N/c13-12(14)7-11(12,15)10-5-4-8-2-1-3-9(8)6-10/h4-6H,1-3,7,15H2. The summed E-state index contributed by atoms with van der Waals surface area (Å²) in [6, 6.07) is 5.61. The van der Waals surface area contributed by atoms with E-state index in [9.17, 15) is 8.78 Å². The van der Waals surface area contributed by atoms with E-state index in [4.69, 9.17) is 5.73 Å². The van der Waals surface area contributed by atoms with E-state index < -0.39 is 11.5 Å². The van der Waals surface area contributed by atoms with E-state index in [0.717, 1.165) is 19.3 Å². The van der Waals surface area contributed by atoms with Gasteiger partial charge in [0.15, 0.2) is 0 Å². The first-order valence-electron chi connectivity index (χ1n) is 5.32. The van der Waals surface area contributed by atoms with E-state index in [1.807, 2.05) is 12.1 Å². The zero-order valence-electron chi connectivity index (χ0n) is 8.39. The summed E-state index contributed by atoms with van der Waals surface area (Å²) in [4.78, 5) is 0. The second-order valence-electron chi connectivity index (χ2n) is 4.69. The molecule has 0 bridgehead atoms. The van der Waals surface area contributed by atoms with Crippen molar-refractivity contribution in [3.63, 3.8) is 0 Å². The van der Waals surface area contributed by atoms with Crippen LogP contribution < -0.4 is 5.73 Å². The highest BCUT2D eigenvalue weighted by molar-refractivity contribution is 5.43. The van der Waals surface area contributed by atoms with Gasteiger partial charge < -0.3 is 5.73 Å². The molecule has 1 nitrogen and oxygen atoms in total. The highest BCUT2D eigenvalue weighted by atomic mass is 19.3. The van der Waals surface area contributed by atoms with Crippen LogP contribution in [0, 0.1) is 0 Å². The highest BCUT2D eigenvalue weighted by Crippen LogP contribution is 2.57. The van der Waals surface area contributed by atoms with E-state index in [2.05, 4.69) is 0 Å². The second kappa shape index (κ2) is 2.59. The first-order chi connectivity index (χ1) is 7.03. The molecule has 15 heavy (non-hydrogen) atoms. The van der Waals surface area contributed by atoms with Gasteiger partial charge in [-0.2, -0.15) is 0 Å².